The van der Waals surface area contributed by atoms with E-state index in [2.05, 4.69) is 31.9 Å². The minimum atomic E-state index is -1.11. The van der Waals surface area contributed by atoms with E-state index < -0.39 is 8.07 Å². The summed E-state index contributed by atoms with van der Waals surface area (Å²) in [5, 5.41) is 13.6. The fourth-order valence-corrected chi connectivity index (χ4v) is 3.93. The molecule has 2 nitrogen and oxygen atoms in total. The van der Waals surface area contributed by atoms with Gasteiger partial charge in [0.15, 0.2) is 0 Å². The predicted octanol–water partition coefficient (Wildman–Crippen LogP) is 2.07. The highest BCUT2D eigenvalue weighted by molar-refractivity contribution is 6.76. The van der Waals surface area contributed by atoms with Gasteiger partial charge in [-0.1, -0.05) is 19.6 Å². The Kier molecular flexibility index (Phi) is 4.16. The third kappa shape index (κ3) is 3.71. The van der Waals surface area contributed by atoms with Crippen LogP contribution in [0.5, 0.6) is 0 Å². The zero-order valence-corrected chi connectivity index (χ0v) is 11.0. The highest BCUT2D eigenvalue weighted by Gasteiger charge is 2.30. The molecular weight excluding hydrogens is 190 g/mol. The van der Waals surface area contributed by atoms with Crippen LogP contribution < -0.4 is 5.32 Å². The van der Waals surface area contributed by atoms with E-state index in [4.69, 9.17) is 0 Å². The van der Waals surface area contributed by atoms with Gasteiger partial charge in [0, 0.05) is 14.1 Å². The third-order valence-electron chi connectivity index (χ3n) is 3.14. The second kappa shape index (κ2) is 4.77. The Morgan fingerprint density at radius 2 is 2.07 bits per heavy atom. The van der Waals surface area contributed by atoms with Gasteiger partial charge in [-0.05, 0) is 38.3 Å². The molecule has 1 aliphatic heterocycles. The Balaban J connectivity index is 2.46. The molecule has 1 fully saturated rings. The summed E-state index contributed by atoms with van der Waals surface area (Å²) in [4.78, 5) is 0. The number of aliphatic hydroxyl groups excluding tert-OH is 1. The molecule has 0 amide bonds. The van der Waals surface area contributed by atoms with Crippen LogP contribution in [0.3, 0.4) is 0 Å². The van der Waals surface area contributed by atoms with Crippen LogP contribution in [0.25, 0.3) is 0 Å². The zero-order chi connectivity index (χ0) is 10.8. The van der Waals surface area contributed by atoms with Gasteiger partial charge in [-0.2, -0.15) is 0 Å². The summed E-state index contributed by atoms with van der Waals surface area (Å²) in [7, 11) is -1.11. The van der Waals surface area contributed by atoms with Crippen LogP contribution in [-0.4, -0.2) is 31.9 Å². The molecule has 0 aromatic heterocycles. The molecular formula is C11H25NOSi. The molecule has 14 heavy (non-hydrogen) atoms. The van der Waals surface area contributed by atoms with E-state index in [-0.39, 0.29) is 6.10 Å². The molecule has 84 valence electrons. The average molecular weight is 215 g/mol. The van der Waals surface area contributed by atoms with Crippen LogP contribution in [0.15, 0.2) is 0 Å². The lowest BCUT2D eigenvalue weighted by molar-refractivity contribution is 0.0840. The first-order valence-corrected chi connectivity index (χ1v) is 9.52. The lowest BCUT2D eigenvalue weighted by atomic mass is 9.88. The van der Waals surface area contributed by atoms with Gasteiger partial charge < -0.3 is 10.4 Å². The molecule has 1 heterocycles. The Morgan fingerprint density at radius 1 is 1.43 bits per heavy atom. The summed E-state index contributed by atoms with van der Waals surface area (Å²) < 4.78 is 0. The Morgan fingerprint density at radius 3 is 2.57 bits per heavy atom. The number of nitrogens with one attached hydrogen (secondary N) is 1. The molecule has 3 heteroatoms. The van der Waals surface area contributed by atoms with Crippen molar-refractivity contribution in [2.24, 2.45) is 5.92 Å². The van der Waals surface area contributed by atoms with Crippen molar-refractivity contribution in [1.82, 2.24) is 5.32 Å². The summed E-state index contributed by atoms with van der Waals surface area (Å²) >= 11 is 0. The predicted molar refractivity (Wildman–Crippen MR) is 64.3 cm³/mol. The smallest absolute Gasteiger partial charge is 0.0559 e. The third-order valence-corrected chi connectivity index (χ3v) is 4.78. The molecule has 0 bridgehead atoms. The maximum absolute atomic E-state index is 10.2. The highest BCUT2D eigenvalue weighted by atomic mass is 28.3. The van der Waals surface area contributed by atoms with Crippen molar-refractivity contribution in [3.63, 3.8) is 0 Å². The minimum absolute atomic E-state index is 0.0792. The van der Waals surface area contributed by atoms with Gasteiger partial charge in [0.2, 0.25) is 0 Å². The summed E-state index contributed by atoms with van der Waals surface area (Å²) in [6, 6.07) is 1.54. The molecule has 0 radical (unpaired) electrons. The number of piperidine rings is 1. The minimum Gasteiger partial charge on any atom is -0.393 e. The number of hydrogen-bond acceptors (Lipinski definition) is 2. The fourth-order valence-electron chi connectivity index (χ4n) is 2.37. The normalized spacial score (nSPS) is 31.5. The molecule has 3 atom stereocenters. The number of rotatable bonds is 3. The molecule has 0 aromatic rings. The molecule has 0 aromatic carbocycles. The van der Waals surface area contributed by atoms with Gasteiger partial charge in [-0.15, -0.1) is 0 Å². The van der Waals surface area contributed by atoms with Crippen LogP contribution in [0, 0.1) is 5.92 Å². The van der Waals surface area contributed by atoms with E-state index in [1.165, 1.54) is 12.8 Å². The second-order valence-corrected chi connectivity index (χ2v) is 11.4. The molecule has 1 rings (SSSR count). The molecule has 0 saturated carbocycles. The van der Waals surface area contributed by atoms with Crippen LogP contribution in [0.1, 0.15) is 19.8 Å². The van der Waals surface area contributed by atoms with Gasteiger partial charge in [-0.3, -0.25) is 0 Å². The second-order valence-electron chi connectivity index (χ2n) is 5.88. The molecule has 1 unspecified atom stereocenters. The van der Waals surface area contributed by atoms with Gasteiger partial charge in [-0.25, -0.2) is 0 Å². The standard InChI is InChI=1S/C11H25NOSi/c1-9-10(6-5-7-12-9)11(13)8-14(2,3)4/h9-13H,5-8H2,1-4H3/t9?,10-,11-/m1/s1. The van der Waals surface area contributed by atoms with Crippen molar-refractivity contribution in [3.8, 4) is 0 Å². The van der Waals surface area contributed by atoms with E-state index in [0.29, 0.717) is 12.0 Å². The van der Waals surface area contributed by atoms with Crippen molar-refractivity contribution in [2.75, 3.05) is 6.54 Å². The van der Waals surface area contributed by atoms with Gasteiger partial charge in [0.25, 0.3) is 0 Å². The maximum Gasteiger partial charge on any atom is 0.0559 e. The summed E-state index contributed by atoms with van der Waals surface area (Å²) in [5.41, 5.74) is 0. The van der Waals surface area contributed by atoms with Gasteiger partial charge in [0.1, 0.15) is 0 Å². The monoisotopic (exact) mass is 215 g/mol. The maximum atomic E-state index is 10.2. The number of aliphatic hydroxyl groups is 1. The molecule has 1 aliphatic rings. The first kappa shape index (κ1) is 12.2. The fraction of sp³-hybridized carbons (Fsp3) is 1.00. The Labute approximate surface area is 89.1 Å². The Hall–Kier alpha value is 0.137. The van der Waals surface area contributed by atoms with E-state index in [0.717, 1.165) is 12.6 Å². The van der Waals surface area contributed by atoms with Crippen molar-refractivity contribution in [3.05, 3.63) is 0 Å². The molecule has 1 saturated heterocycles. The van der Waals surface area contributed by atoms with E-state index in [1.54, 1.807) is 0 Å². The topological polar surface area (TPSA) is 32.3 Å². The molecule has 0 aliphatic carbocycles. The van der Waals surface area contributed by atoms with Gasteiger partial charge >= 0.3 is 0 Å². The summed E-state index contributed by atoms with van der Waals surface area (Å²) in [6.07, 6.45) is 2.34. The molecule has 0 spiro atoms. The van der Waals surface area contributed by atoms with Crippen LogP contribution in [0.2, 0.25) is 25.7 Å². The molecule has 2 N–H and O–H groups in total. The lowest BCUT2D eigenvalue weighted by Gasteiger charge is -2.35. The first-order valence-electron chi connectivity index (χ1n) is 5.81. The quantitative estimate of drug-likeness (QED) is 0.707. The van der Waals surface area contributed by atoms with E-state index >= 15 is 0 Å². The summed E-state index contributed by atoms with van der Waals surface area (Å²) in [6.45, 7) is 10.3. The zero-order valence-electron chi connectivity index (χ0n) is 10.0. The van der Waals surface area contributed by atoms with Crippen molar-refractivity contribution in [1.29, 1.82) is 0 Å². The van der Waals surface area contributed by atoms with E-state index in [9.17, 15) is 5.11 Å². The summed E-state index contributed by atoms with van der Waals surface area (Å²) in [5.74, 6) is 0.482. The van der Waals surface area contributed by atoms with Crippen LogP contribution in [0.4, 0.5) is 0 Å². The van der Waals surface area contributed by atoms with Gasteiger partial charge in [0.05, 0.1) is 6.10 Å². The Bertz CT molecular complexity index is 179. The largest absolute Gasteiger partial charge is 0.393 e. The van der Waals surface area contributed by atoms with Crippen molar-refractivity contribution in [2.45, 2.75) is 57.6 Å². The first-order chi connectivity index (χ1) is 6.40. The van der Waals surface area contributed by atoms with E-state index in [1.807, 2.05) is 0 Å². The van der Waals surface area contributed by atoms with Crippen molar-refractivity contribution < 1.29 is 5.11 Å². The van der Waals surface area contributed by atoms with Crippen LogP contribution in [-0.2, 0) is 0 Å². The highest BCUT2D eigenvalue weighted by Crippen LogP contribution is 2.25. The van der Waals surface area contributed by atoms with Crippen LogP contribution >= 0.6 is 0 Å². The number of hydrogen-bond donors (Lipinski definition) is 2. The van der Waals surface area contributed by atoms with Crippen molar-refractivity contribution >= 4 is 8.07 Å². The lowest BCUT2D eigenvalue weighted by Crippen LogP contribution is -2.46. The SMILES string of the molecule is CC1NCCC[C@H]1[C@H](O)C[Si](C)(C)C. The average Bonchev–Trinajstić information content (AvgIpc) is 2.01.